The van der Waals surface area contributed by atoms with Crippen molar-refractivity contribution in [2.24, 2.45) is 5.73 Å². The maximum absolute atomic E-state index is 12.4. The minimum atomic E-state index is -1.59. The van der Waals surface area contributed by atoms with Gasteiger partial charge in [-0.1, -0.05) is 64.7 Å². The van der Waals surface area contributed by atoms with Gasteiger partial charge in [-0.3, -0.25) is 19.1 Å². The standard InChI is InChI=1S/C29H50N4O11/c1-2-3-4-5-6-7-8-9-10-11-13-31-21(27(39)40)17(43-28-25(38)23(36)19(16-30)44-28)15-18-22(35)24(37)26(42-18)33-14-12-20(34)32-29(33)41/h12,14,17-19,21-26,28,31,35-38H,2-11,13,15-16,30H2,1H3,(H,39,40)(H,32,34,41)/t17-,18-,19-,21+,22-,23-,24-,25-,26-,28-/m1/s1. The van der Waals surface area contributed by atoms with Crippen molar-refractivity contribution in [3.63, 3.8) is 0 Å². The summed E-state index contributed by atoms with van der Waals surface area (Å²) >= 11 is 0. The number of aliphatic carboxylic acids is 1. The fraction of sp³-hybridized carbons (Fsp3) is 0.828. The molecule has 0 spiro atoms. The summed E-state index contributed by atoms with van der Waals surface area (Å²) in [5.74, 6) is -1.27. The number of hydrogen-bond donors (Lipinski definition) is 8. The molecule has 15 nitrogen and oxygen atoms in total. The van der Waals surface area contributed by atoms with E-state index in [1.807, 2.05) is 4.98 Å². The molecule has 0 bridgehead atoms. The van der Waals surface area contributed by atoms with Crippen molar-refractivity contribution in [3.8, 4) is 0 Å². The van der Waals surface area contributed by atoms with E-state index < -0.39 is 78.5 Å². The zero-order valence-corrected chi connectivity index (χ0v) is 25.3. The van der Waals surface area contributed by atoms with E-state index >= 15 is 0 Å². The lowest BCUT2D eigenvalue weighted by molar-refractivity contribution is -0.206. The van der Waals surface area contributed by atoms with E-state index in [-0.39, 0.29) is 13.0 Å². The van der Waals surface area contributed by atoms with Crippen molar-refractivity contribution >= 4 is 5.97 Å². The molecule has 2 saturated heterocycles. The van der Waals surface area contributed by atoms with Crippen molar-refractivity contribution in [1.82, 2.24) is 14.9 Å². The summed E-state index contributed by atoms with van der Waals surface area (Å²) in [5.41, 5.74) is 4.08. The smallest absolute Gasteiger partial charge is 0.330 e. The van der Waals surface area contributed by atoms with Crippen LogP contribution >= 0.6 is 0 Å². The van der Waals surface area contributed by atoms with E-state index in [4.69, 9.17) is 19.9 Å². The van der Waals surface area contributed by atoms with E-state index in [1.165, 1.54) is 38.5 Å². The normalized spacial score (nSPS) is 30.0. The second kappa shape index (κ2) is 18.1. The van der Waals surface area contributed by atoms with Crippen LogP contribution in [0.2, 0.25) is 0 Å². The molecule has 0 amide bonds. The summed E-state index contributed by atoms with van der Waals surface area (Å²) in [5, 5.41) is 55.3. The number of nitrogens with two attached hydrogens (primary N) is 1. The van der Waals surface area contributed by atoms with E-state index in [1.54, 1.807) is 0 Å². The minimum absolute atomic E-state index is 0.117. The van der Waals surface area contributed by atoms with Crippen LogP contribution in [0.3, 0.4) is 0 Å². The van der Waals surface area contributed by atoms with Gasteiger partial charge in [0.05, 0.1) is 12.2 Å². The van der Waals surface area contributed by atoms with Gasteiger partial charge in [0.15, 0.2) is 12.5 Å². The summed E-state index contributed by atoms with van der Waals surface area (Å²) < 4.78 is 18.1. The van der Waals surface area contributed by atoms with E-state index in [9.17, 15) is 39.9 Å². The monoisotopic (exact) mass is 630 g/mol. The van der Waals surface area contributed by atoms with Gasteiger partial charge < -0.3 is 50.8 Å². The van der Waals surface area contributed by atoms with Gasteiger partial charge in [-0.2, -0.15) is 0 Å². The molecule has 2 fully saturated rings. The van der Waals surface area contributed by atoms with Crippen LogP contribution < -0.4 is 22.3 Å². The molecule has 15 heteroatoms. The first-order valence-corrected chi connectivity index (χ1v) is 15.7. The van der Waals surface area contributed by atoms with Gasteiger partial charge in [-0.25, -0.2) is 4.79 Å². The van der Waals surface area contributed by atoms with Crippen LogP contribution in [0, 0.1) is 0 Å². The Morgan fingerprint density at radius 1 is 0.955 bits per heavy atom. The maximum atomic E-state index is 12.4. The highest BCUT2D eigenvalue weighted by atomic mass is 16.7. The Morgan fingerprint density at radius 2 is 1.57 bits per heavy atom. The zero-order chi connectivity index (χ0) is 32.2. The Balaban J connectivity index is 1.65. The third kappa shape index (κ3) is 9.89. The fourth-order valence-electron chi connectivity index (χ4n) is 5.72. The Kier molecular flexibility index (Phi) is 14.9. The summed E-state index contributed by atoms with van der Waals surface area (Å²) in [4.78, 5) is 38.2. The van der Waals surface area contributed by atoms with Crippen molar-refractivity contribution < 1.29 is 44.5 Å². The molecule has 9 N–H and O–H groups in total. The quantitative estimate of drug-likeness (QED) is 0.0833. The Bertz CT molecular complexity index is 1120. The molecule has 2 aliphatic rings. The summed E-state index contributed by atoms with van der Waals surface area (Å²) in [6.07, 6.45) is -0.311. The molecule has 0 aliphatic carbocycles. The average Bonchev–Trinajstić information content (AvgIpc) is 3.42. The third-order valence-electron chi connectivity index (χ3n) is 8.32. The molecule has 0 aromatic carbocycles. The minimum Gasteiger partial charge on any atom is -0.480 e. The molecule has 10 atom stereocenters. The molecular formula is C29H50N4O11. The number of H-pyrrole nitrogens is 1. The number of carboxylic acids is 1. The van der Waals surface area contributed by atoms with Gasteiger partial charge in [-0.15, -0.1) is 0 Å². The molecule has 44 heavy (non-hydrogen) atoms. The van der Waals surface area contributed by atoms with Crippen LogP contribution in [0.15, 0.2) is 21.9 Å². The fourth-order valence-corrected chi connectivity index (χ4v) is 5.72. The highest BCUT2D eigenvalue weighted by Gasteiger charge is 2.49. The Labute approximate surface area is 256 Å². The third-order valence-corrected chi connectivity index (χ3v) is 8.32. The van der Waals surface area contributed by atoms with Gasteiger partial charge in [0.2, 0.25) is 0 Å². The van der Waals surface area contributed by atoms with Crippen molar-refractivity contribution in [2.75, 3.05) is 13.1 Å². The number of aliphatic hydroxyl groups excluding tert-OH is 4. The molecular weight excluding hydrogens is 580 g/mol. The number of rotatable bonds is 20. The van der Waals surface area contributed by atoms with E-state index in [0.717, 1.165) is 36.1 Å². The Hall–Kier alpha value is -2.21. The first-order chi connectivity index (χ1) is 21.1. The van der Waals surface area contributed by atoms with Gasteiger partial charge in [-0.05, 0) is 13.0 Å². The Morgan fingerprint density at radius 3 is 2.14 bits per heavy atom. The van der Waals surface area contributed by atoms with Crippen LogP contribution in [-0.2, 0) is 19.0 Å². The summed E-state index contributed by atoms with van der Waals surface area (Å²) in [6.45, 7) is 2.42. The molecule has 3 rings (SSSR count). The first kappa shape index (κ1) is 36.3. The molecule has 0 radical (unpaired) electrons. The second-order valence-corrected chi connectivity index (χ2v) is 11.7. The van der Waals surface area contributed by atoms with Gasteiger partial charge in [0.1, 0.15) is 36.6 Å². The number of carboxylic acid groups (broad SMARTS) is 1. The molecule has 252 valence electrons. The maximum Gasteiger partial charge on any atom is 0.330 e. The number of unbranched alkanes of at least 4 members (excludes halogenated alkanes) is 9. The van der Waals surface area contributed by atoms with Gasteiger partial charge in [0, 0.05) is 25.2 Å². The molecule has 3 heterocycles. The molecule has 0 saturated carbocycles. The number of aliphatic hydroxyl groups is 4. The lowest BCUT2D eigenvalue weighted by Crippen LogP contribution is -2.52. The molecule has 1 aromatic rings. The van der Waals surface area contributed by atoms with E-state index in [2.05, 4.69) is 12.2 Å². The number of carbonyl (C=O) groups is 1. The van der Waals surface area contributed by atoms with Crippen LogP contribution in [0.25, 0.3) is 0 Å². The predicted octanol–water partition coefficient (Wildman–Crippen LogP) is -0.700. The lowest BCUT2D eigenvalue weighted by Gasteiger charge is -2.31. The van der Waals surface area contributed by atoms with Crippen molar-refractivity contribution in [1.29, 1.82) is 0 Å². The number of aromatic amines is 1. The largest absolute Gasteiger partial charge is 0.480 e. The lowest BCUT2D eigenvalue weighted by atomic mass is 9.99. The number of ether oxygens (including phenoxy) is 3. The van der Waals surface area contributed by atoms with Crippen LogP contribution in [0.4, 0.5) is 0 Å². The topological polar surface area (TPSA) is 239 Å². The summed E-state index contributed by atoms with van der Waals surface area (Å²) in [7, 11) is 0. The highest BCUT2D eigenvalue weighted by Crippen LogP contribution is 2.33. The number of aromatic nitrogens is 2. The SMILES string of the molecule is CCCCCCCCCCCCN[C@H](C(=O)O)[C@@H](C[C@H]1O[C@@H](n2ccc(=O)[nH]c2=O)[C@H](O)[C@@H]1O)O[C@@H]1O[C@H](CN)[C@@H](O)[C@H]1O. The van der Waals surface area contributed by atoms with Crippen molar-refractivity contribution in [3.05, 3.63) is 33.1 Å². The van der Waals surface area contributed by atoms with Gasteiger partial charge in [0.25, 0.3) is 5.56 Å². The van der Waals surface area contributed by atoms with E-state index in [0.29, 0.717) is 13.0 Å². The first-order valence-electron chi connectivity index (χ1n) is 15.7. The van der Waals surface area contributed by atoms with Crippen LogP contribution in [-0.4, -0.2) is 109 Å². The second-order valence-electron chi connectivity index (χ2n) is 11.7. The number of hydrogen-bond acceptors (Lipinski definition) is 12. The summed E-state index contributed by atoms with van der Waals surface area (Å²) in [6, 6.07) is -0.291. The molecule has 2 aliphatic heterocycles. The van der Waals surface area contributed by atoms with Gasteiger partial charge >= 0.3 is 11.7 Å². The number of nitrogens with zero attached hydrogens (tertiary/aromatic N) is 1. The number of nitrogens with one attached hydrogen (secondary N) is 2. The van der Waals surface area contributed by atoms with Crippen LogP contribution in [0.1, 0.15) is 83.8 Å². The van der Waals surface area contributed by atoms with Crippen LogP contribution in [0.5, 0.6) is 0 Å². The average molecular weight is 631 g/mol. The van der Waals surface area contributed by atoms with Crippen molar-refractivity contribution in [2.45, 2.75) is 139 Å². The predicted molar refractivity (Wildman–Crippen MR) is 158 cm³/mol. The zero-order valence-electron chi connectivity index (χ0n) is 25.3. The highest BCUT2D eigenvalue weighted by molar-refractivity contribution is 5.74. The molecule has 0 unspecified atom stereocenters. The molecule has 1 aromatic heterocycles.